The summed E-state index contributed by atoms with van der Waals surface area (Å²) >= 11 is 0. The Morgan fingerprint density at radius 3 is 2.45 bits per heavy atom. The molecule has 33 heavy (non-hydrogen) atoms. The molecule has 2 atom stereocenters. The van der Waals surface area contributed by atoms with E-state index in [1.54, 1.807) is 7.11 Å². The SMILES string of the molecule is COc1cccc(CNC(=O)c2ccc(C3CC(c4ccc5c(c4)OCCO5)NN3)cc2)c1. The lowest BCUT2D eigenvalue weighted by Crippen LogP contribution is -2.27. The van der Waals surface area contributed by atoms with Gasteiger partial charge in [0.05, 0.1) is 7.11 Å². The maximum atomic E-state index is 12.6. The van der Waals surface area contributed by atoms with E-state index in [-0.39, 0.29) is 18.0 Å². The number of hydrogen-bond donors (Lipinski definition) is 3. The molecule has 2 aliphatic rings. The minimum atomic E-state index is -0.101. The van der Waals surface area contributed by atoms with Crippen LogP contribution in [0.25, 0.3) is 0 Å². The van der Waals surface area contributed by atoms with E-state index >= 15 is 0 Å². The van der Waals surface area contributed by atoms with E-state index in [0.29, 0.717) is 25.3 Å². The average Bonchev–Trinajstić information content (AvgIpc) is 3.37. The van der Waals surface area contributed by atoms with Gasteiger partial charge < -0.3 is 19.5 Å². The maximum absolute atomic E-state index is 12.6. The van der Waals surface area contributed by atoms with Gasteiger partial charge in [-0.15, -0.1) is 0 Å². The molecule has 1 fully saturated rings. The van der Waals surface area contributed by atoms with Gasteiger partial charge in [-0.2, -0.15) is 0 Å². The number of nitrogens with one attached hydrogen (secondary N) is 3. The smallest absolute Gasteiger partial charge is 0.251 e. The molecule has 7 nitrogen and oxygen atoms in total. The first kappa shape index (κ1) is 21.3. The highest BCUT2D eigenvalue weighted by atomic mass is 16.6. The number of ether oxygens (including phenoxy) is 3. The van der Waals surface area contributed by atoms with Gasteiger partial charge in [-0.1, -0.05) is 30.3 Å². The molecule has 0 aromatic heterocycles. The van der Waals surface area contributed by atoms with Gasteiger partial charge in [0.2, 0.25) is 0 Å². The Bertz CT molecular complexity index is 1130. The van der Waals surface area contributed by atoms with Crippen LogP contribution in [0.1, 0.15) is 45.6 Å². The van der Waals surface area contributed by atoms with Crippen molar-refractivity contribution in [2.75, 3.05) is 20.3 Å². The van der Waals surface area contributed by atoms with E-state index in [1.807, 2.05) is 60.7 Å². The number of amides is 1. The van der Waals surface area contributed by atoms with Crippen molar-refractivity contribution in [2.45, 2.75) is 25.0 Å². The third kappa shape index (κ3) is 4.79. The van der Waals surface area contributed by atoms with Crippen LogP contribution in [-0.4, -0.2) is 26.2 Å². The molecule has 2 heterocycles. The topological polar surface area (TPSA) is 80.9 Å². The Hall–Kier alpha value is -3.55. The van der Waals surface area contributed by atoms with Crippen LogP contribution in [0.5, 0.6) is 17.2 Å². The first-order valence-corrected chi connectivity index (χ1v) is 11.1. The van der Waals surface area contributed by atoms with Crippen molar-refractivity contribution >= 4 is 5.91 Å². The average molecular weight is 446 g/mol. The van der Waals surface area contributed by atoms with Crippen LogP contribution in [0.2, 0.25) is 0 Å². The molecule has 3 aromatic rings. The van der Waals surface area contributed by atoms with E-state index in [1.165, 1.54) is 0 Å². The molecule has 0 aliphatic carbocycles. The summed E-state index contributed by atoms with van der Waals surface area (Å²) < 4.78 is 16.6. The molecule has 0 bridgehead atoms. The Labute approximate surface area is 193 Å². The zero-order valence-corrected chi connectivity index (χ0v) is 18.5. The highest BCUT2D eigenvalue weighted by molar-refractivity contribution is 5.94. The first-order chi connectivity index (χ1) is 16.2. The van der Waals surface area contributed by atoms with E-state index in [0.717, 1.165) is 40.4 Å². The summed E-state index contributed by atoms with van der Waals surface area (Å²) in [6.07, 6.45) is 0.890. The number of benzene rings is 3. The van der Waals surface area contributed by atoms with Crippen molar-refractivity contribution in [1.82, 2.24) is 16.2 Å². The van der Waals surface area contributed by atoms with E-state index in [9.17, 15) is 4.79 Å². The van der Waals surface area contributed by atoms with E-state index in [2.05, 4.69) is 22.2 Å². The van der Waals surface area contributed by atoms with Crippen molar-refractivity contribution in [1.29, 1.82) is 0 Å². The first-order valence-electron chi connectivity index (χ1n) is 11.1. The highest BCUT2D eigenvalue weighted by Gasteiger charge is 2.27. The fourth-order valence-electron chi connectivity index (χ4n) is 4.20. The quantitative estimate of drug-likeness (QED) is 0.537. The number of rotatable bonds is 6. The minimum Gasteiger partial charge on any atom is -0.497 e. The molecule has 1 saturated heterocycles. The van der Waals surface area contributed by atoms with E-state index < -0.39 is 0 Å². The van der Waals surface area contributed by atoms with Crippen LogP contribution in [0.3, 0.4) is 0 Å². The Morgan fingerprint density at radius 1 is 0.939 bits per heavy atom. The van der Waals surface area contributed by atoms with E-state index in [4.69, 9.17) is 14.2 Å². The van der Waals surface area contributed by atoms with Gasteiger partial charge in [0.15, 0.2) is 11.5 Å². The van der Waals surface area contributed by atoms with Crippen LogP contribution in [0, 0.1) is 0 Å². The van der Waals surface area contributed by atoms with Gasteiger partial charge in [0, 0.05) is 24.2 Å². The fourth-order valence-corrected chi connectivity index (χ4v) is 4.20. The van der Waals surface area contributed by atoms with Gasteiger partial charge in [-0.25, -0.2) is 10.9 Å². The summed E-state index contributed by atoms with van der Waals surface area (Å²) in [5, 5.41) is 2.96. The number of carbonyl (C=O) groups excluding carboxylic acids is 1. The Kier molecular flexibility index (Phi) is 6.15. The number of methoxy groups -OCH3 is 1. The fraction of sp³-hybridized carbons (Fsp3) is 0.269. The predicted octanol–water partition coefficient (Wildman–Crippen LogP) is 3.68. The van der Waals surface area contributed by atoms with Crippen molar-refractivity contribution < 1.29 is 19.0 Å². The zero-order valence-electron chi connectivity index (χ0n) is 18.5. The lowest BCUT2D eigenvalue weighted by Gasteiger charge is -2.20. The van der Waals surface area contributed by atoms with Crippen LogP contribution in [0.4, 0.5) is 0 Å². The van der Waals surface area contributed by atoms with Gasteiger partial charge in [0.25, 0.3) is 5.91 Å². The second-order valence-electron chi connectivity index (χ2n) is 8.19. The van der Waals surface area contributed by atoms with Gasteiger partial charge >= 0.3 is 0 Å². The molecule has 2 aliphatic heterocycles. The monoisotopic (exact) mass is 445 g/mol. The number of fused-ring (bicyclic) bond motifs is 1. The van der Waals surface area contributed by atoms with Crippen LogP contribution < -0.4 is 30.4 Å². The summed E-state index contributed by atoms with van der Waals surface area (Å²) in [6, 6.07) is 21.8. The Morgan fingerprint density at radius 2 is 1.67 bits per heavy atom. The van der Waals surface area contributed by atoms with Gasteiger partial charge in [0.1, 0.15) is 19.0 Å². The third-order valence-corrected chi connectivity index (χ3v) is 6.03. The number of hydrazine groups is 1. The molecular weight excluding hydrogens is 418 g/mol. The molecule has 170 valence electrons. The molecule has 3 N–H and O–H groups in total. The second-order valence-corrected chi connectivity index (χ2v) is 8.19. The number of hydrogen-bond acceptors (Lipinski definition) is 6. The van der Waals surface area contributed by atoms with Crippen molar-refractivity contribution in [3.05, 3.63) is 89.0 Å². The molecule has 7 heteroatoms. The van der Waals surface area contributed by atoms with Crippen LogP contribution in [0.15, 0.2) is 66.7 Å². The van der Waals surface area contributed by atoms with Crippen LogP contribution >= 0.6 is 0 Å². The largest absolute Gasteiger partial charge is 0.497 e. The predicted molar refractivity (Wildman–Crippen MR) is 124 cm³/mol. The summed E-state index contributed by atoms with van der Waals surface area (Å²) in [5.41, 5.74) is 10.7. The zero-order chi connectivity index (χ0) is 22.6. The summed E-state index contributed by atoms with van der Waals surface area (Å²) in [5.74, 6) is 2.27. The maximum Gasteiger partial charge on any atom is 0.251 e. The Balaban J connectivity index is 1.19. The van der Waals surface area contributed by atoms with Gasteiger partial charge in [-0.3, -0.25) is 4.79 Å². The second kappa shape index (κ2) is 9.52. The highest BCUT2D eigenvalue weighted by Crippen LogP contribution is 2.36. The summed E-state index contributed by atoms with van der Waals surface area (Å²) in [6.45, 7) is 1.62. The van der Waals surface area contributed by atoms with Crippen molar-refractivity contribution in [2.24, 2.45) is 0 Å². The molecule has 0 saturated carbocycles. The minimum absolute atomic E-state index is 0.101. The van der Waals surface area contributed by atoms with Gasteiger partial charge in [-0.05, 0) is 59.5 Å². The molecule has 0 spiro atoms. The summed E-state index contributed by atoms with van der Waals surface area (Å²) in [4.78, 5) is 12.6. The summed E-state index contributed by atoms with van der Waals surface area (Å²) in [7, 11) is 1.63. The standard InChI is InChI=1S/C26H27N3O4/c1-31-21-4-2-3-17(13-21)16-27-26(30)19-7-5-18(6-8-19)22-15-23(29-28-22)20-9-10-24-25(14-20)33-12-11-32-24/h2-10,13-14,22-23,28-29H,11-12,15-16H2,1H3,(H,27,30). The molecule has 2 unspecified atom stereocenters. The molecule has 5 rings (SSSR count). The lowest BCUT2D eigenvalue weighted by atomic mass is 9.96. The van der Waals surface area contributed by atoms with Crippen LogP contribution in [-0.2, 0) is 6.54 Å². The number of carbonyl (C=O) groups is 1. The third-order valence-electron chi connectivity index (χ3n) is 6.03. The molecule has 0 radical (unpaired) electrons. The molecule has 1 amide bonds. The normalized spacial score (nSPS) is 19.2. The van der Waals surface area contributed by atoms with Crippen molar-refractivity contribution in [3.8, 4) is 17.2 Å². The lowest BCUT2D eigenvalue weighted by molar-refractivity contribution is 0.0951. The molecule has 3 aromatic carbocycles. The van der Waals surface area contributed by atoms with Crippen molar-refractivity contribution in [3.63, 3.8) is 0 Å². The molecular formula is C26H27N3O4.